The number of nitrogens with zero attached hydrogens (tertiary/aromatic N) is 1. The van der Waals surface area contributed by atoms with Gasteiger partial charge in [-0.1, -0.05) is 73.8 Å². The molecule has 2 amide bonds. The highest BCUT2D eigenvalue weighted by molar-refractivity contribution is 7.99. The van der Waals surface area contributed by atoms with Gasteiger partial charge in [-0.15, -0.1) is 11.8 Å². The molecule has 0 radical (unpaired) electrons. The Morgan fingerprint density at radius 3 is 2.41 bits per heavy atom. The topological polar surface area (TPSA) is 49.4 Å². The predicted molar refractivity (Wildman–Crippen MR) is 134 cm³/mol. The molecule has 2 aromatic rings. The molecule has 0 heterocycles. The Kier molecular flexibility index (Phi) is 9.49. The van der Waals surface area contributed by atoms with Crippen LogP contribution in [0.15, 0.2) is 48.5 Å². The molecule has 0 aromatic heterocycles. The summed E-state index contributed by atoms with van der Waals surface area (Å²) in [4.78, 5) is 28.2. The van der Waals surface area contributed by atoms with E-state index in [1.54, 1.807) is 16.7 Å². The number of carbonyl (C=O) groups is 2. The standard InChI is InChI=1S/C26H33ClN2O2S/c1-3-24(26(31)28-22-13-7-8-14-22)29(16-20-11-6-9-15-23(20)27)25(30)18-32-17-21-12-5-4-10-19(21)2/h4-6,9-12,15,22,24H,3,7-8,13-14,16-18H2,1-2H3,(H,28,31)/t24-/m1/s1. The van der Waals surface area contributed by atoms with Crippen molar-refractivity contribution in [2.45, 2.75) is 70.3 Å². The van der Waals surface area contributed by atoms with Gasteiger partial charge in [0.05, 0.1) is 5.75 Å². The van der Waals surface area contributed by atoms with Crippen LogP contribution in [0.3, 0.4) is 0 Å². The van der Waals surface area contributed by atoms with Crippen LogP contribution in [-0.2, 0) is 21.9 Å². The molecule has 1 aliphatic carbocycles. The Bertz CT molecular complexity index is 914. The van der Waals surface area contributed by atoms with Crippen LogP contribution >= 0.6 is 23.4 Å². The average Bonchev–Trinajstić information content (AvgIpc) is 3.29. The van der Waals surface area contributed by atoms with Crippen molar-refractivity contribution in [2.75, 3.05) is 5.75 Å². The highest BCUT2D eigenvalue weighted by Gasteiger charge is 2.30. The zero-order chi connectivity index (χ0) is 22.9. The number of nitrogens with one attached hydrogen (secondary N) is 1. The van der Waals surface area contributed by atoms with Crippen LogP contribution in [0.5, 0.6) is 0 Å². The van der Waals surface area contributed by atoms with Gasteiger partial charge in [0.2, 0.25) is 11.8 Å². The Morgan fingerprint density at radius 2 is 1.75 bits per heavy atom. The van der Waals surface area contributed by atoms with Gasteiger partial charge in [0.1, 0.15) is 6.04 Å². The zero-order valence-corrected chi connectivity index (χ0v) is 20.6. The van der Waals surface area contributed by atoms with Crippen LogP contribution in [-0.4, -0.2) is 34.6 Å². The summed E-state index contributed by atoms with van der Waals surface area (Å²) in [5.74, 6) is 1.01. The van der Waals surface area contributed by atoms with E-state index in [9.17, 15) is 9.59 Å². The minimum atomic E-state index is -0.501. The molecule has 0 spiro atoms. The molecule has 0 bridgehead atoms. The SMILES string of the molecule is CC[C@H](C(=O)NC1CCCC1)N(Cc1ccccc1Cl)C(=O)CSCc1ccccc1C. The quantitative estimate of drug-likeness (QED) is 0.479. The van der Waals surface area contributed by atoms with Crippen LogP contribution in [0.1, 0.15) is 55.7 Å². The van der Waals surface area contributed by atoms with Crippen molar-refractivity contribution < 1.29 is 9.59 Å². The van der Waals surface area contributed by atoms with Gasteiger partial charge in [-0.3, -0.25) is 9.59 Å². The van der Waals surface area contributed by atoms with Gasteiger partial charge in [0, 0.05) is 23.4 Å². The molecule has 0 saturated heterocycles. The monoisotopic (exact) mass is 472 g/mol. The molecule has 1 saturated carbocycles. The largest absolute Gasteiger partial charge is 0.352 e. The number of thioether (sulfide) groups is 1. The van der Waals surface area contributed by atoms with Gasteiger partial charge in [-0.25, -0.2) is 0 Å². The van der Waals surface area contributed by atoms with E-state index in [0.29, 0.717) is 23.7 Å². The molecule has 172 valence electrons. The minimum absolute atomic E-state index is 0.0306. The highest BCUT2D eigenvalue weighted by Crippen LogP contribution is 2.23. The Labute approximate surface area is 201 Å². The third kappa shape index (κ3) is 6.76. The number of benzene rings is 2. The Morgan fingerprint density at radius 1 is 1.09 bits per heavy atom. The lowest BCUT2D eigenvalue weighted by Crippen LogP contribution is -2.51. The zero-order valence-electron chi connectivity index (χ0n) is 19.0. The molecule has 2 aromatic carbocycles. The lowest BCUT2D eigenvalue weighted by molar-refractivity contribution is -0.139. The van der Waals surface area contributed by atoms with E-state index in [2.05, 4.69) is 24.4 Å². The second-order valence-electron chi connectivity index (χ2n) is 8.45. The summed E-state index contributed by atoms with van der Waals surface area (Å²) in [5.41, 5.74) is 3.32. The van der Waals surface area contributed by atoms with E-state index >= 15 is 0 Å². The average molecular weight is 473 g/mol. The first kappa shape index (κ1) is 24.7. The molecule has 1 aliphatic rings. The van der Waals surface area contributed by atoms with Crippen molar-refractivity contribution in [3.63, 3.8) is 0 Å². The maximum absolute atomic E-state index is 13.4. The molecular formula is C26H33ClN2O2S. The van der Waals surface area contributed by atoms with E-state index in [1.165, 1.54) is 11.1 Å². The molecule has 32 heavy (non-hydrogen) atoms. The van der Waals surface area contributed by atoms with Crippen LogP contribution in [0.2, 0.25) is 5.02 Å². The first-order chi connectivity index (χ1) is 15.5. The number of hydrogen-bond acceptors (Lipinski definition) is 3. The Balaban J connectivity index is 1.72. The number of hydrogen-bond donors (Lipinski definition) is 1. The summed E-state index contributed by atoms with van der Waals surface area (Å²) in [5, 5.41) is 3.80. The fraction of sp³-hybridized carbons (Fsp3) is 0.462. The van der Waals surface area contributed by atoms with Crippen LogP contribution in [0.4, 0.5) is 0 Å². The molecule has 6 heteroatoms. The van der Waals surface area contributed by atoms with E-state index in [0.717, 1.165) is 37.0 Å². The molecule has 0 aliphatic heterocycles. The molecule has 4 nitrogen and oxygen atoms in total. The van der Waals surface area contributed by atoms with E-state index < -0.39 is 6.04 Å². The smallest absolute Gasteiger partial charge is 0.243 e. The molecule has 1 N–H and O–H groups in total. The summed E-state index contributed by atoms with van der Waals surface area (Å²) >= 11 is 7.98. The summed E-state index contributed by atoms with van der Waals surface area (Å²) < 4.78 is 0. The summed E-state index contributed by atoms with van der Waals surface area (Å²) in [7, 11) is 0. The fourth-order valence-electron chi connectivity index (χ4n) is 4.20. The summed E-state index contributed by atoms with van der Waals surface area (Å²) in [6.07, 6.45) is 4.91. The first-order valence-electron chi connectivity index (χ1n) is 11.4. The normalized spacial score (nSPS) is 14.8. The second kappa shape index (κ2) is 12.3. The summed E-state index contributed by atoms with van der Waals surface area (Å²) in [6.45, 7) is 4.38. The fourth-order valence-corrected chi connectivity index (χ4v) is 5.38. The molecule has 1 atom stereocenters. The lowest BCUT2D eigenvalue weighted by Gasteiger charge is -2.31. The maximum Gasteiger partial charge on any atom is 0.243 e. The lowest BCUT2D eigenvalue weighted by atomic mass is 10.1. The third-order valence-electron chi connectivity index (χ3n) is 6.13. The minimum Gasteiger partial charge on any atom is -0.352 e. The van der Waals surface area contributed by atoms with Crippen molar-refractivity contribution in [3.8, 4) is 0 Å². The molecular weight excluding hydrogens is 440 g/mol. The first-order valence-corrected chi connectivity index (χ1v) is 13.0. The maximum atomic E-state index is 13.4. The van der Waals surface area contributed by atoms with Crippen LogP contribution < -0.4 is 5.32 Å². The number of halogens is 1. The van der Waals surface area contributed by atoms with Gasteiger partial charge >= 0.3 is 0 Å². The van der Waals surface area contributed by atoms with Crippen molar-refractivity contribution >= 4 is 35.2 Å². The number of aryl methyl sites for hydroxylation is 1. The predicted octanol–water partition coefficient (Wildman–Crippen LogP) is 5.75. The van der Waals surface area contributed by atoms with E-state index in [4.69, 9.17) is 11.6 Å². The van der Waals surface area contributed by atoms with Gasteiger partial charge in [0.15, 0.2) is 0 Å². The number of amides is 2. The Hall–Kier alpha value is -1.98. The van der Waals surface area contributed by atoms with Crippen molar-refractivity contribution in [2.24, 2.45) is 0 Å². The third-order valence-corrected chi connectivity index (χ3v) is 7.47. The van der Waals surface area contributed by atoms with Gasteiger partial charge < -0.3 is 10.2 Å². The summed E-state index contributed by atoms with van der Waals surface area (Å²) in [6, 6.07) is 15.5. The highest BCUT2D eigenvalue weighted by atomic mass is 35.5. The van der Waals surface area contributed by atoms with Gasteiger partial charge in [-0.05, 0) is 48.9 Å². The van der Waals surface area contributed by atoms with Gasteiger partial charge in [0.25, 0.3) is 0 Å². The van der Waals surface area contributed by atoms with E-state index in [1.807, 2.05) is 43.3 Å². The van der Waals surface area contributed by atoms with Crippen LogP contribution in [0, 0.1) is 6.92 Å². The number of rotatable bonds is 10. The van der Waals surface area contributed by atoms with E-state index in [-0.39, 0.29) is 17.9 Å². The van der Waals surface area contributed by atoms with Crippen molar-refractivity contribution in [1.82, 2.24) is 10.2 Å². The molecule has 1 fully saturated rings. The van der Waals surface area contributed by atoms with Gasteiger partial charge in [-0.2, -0.15) is 0 Å². The molecule has 0 unspecified atom stereocenters. The van der Waals surface area contributed by atoms with Crippen molar-refractivity contribution in [3.05, 3.63) is 70.2 Å². The van der Waals surface area contributed by atoms with Crippen LogP contribution in [0.25, 0.3) is 0 Å². The van der Waals surface area contributed by atoms with Crippen molar-refractivity contribution in [1.29, 1.82) is 0 Å². The second-order valence-corrected chi connectivity index (χ2v) is 9.84. The number of carbonyl (C=O) groups excluding carboxylic acids is 2. The molecule has 3 rings (SSSR count).